The number of non-ortho nitro benzene ring substituents is 1. The van der Waals surface area contributed by atoms with E-state index in [0.717, 1.165) is 11.3 Å². The number of nitro benzene ring substituents is 1. The molecule has 0 spiro atoms. The second-order valence-electron chi connectivity index (χ2n) is 7.05. The van der Waals surface area contributed by atoms with Crippen LogP contribution in [0.3, 0.4) is 0 Å². The molecule has 0 aliphatic carbocycles. The fraction of sp³-hybridized carbons (Fsp3) is 0.350. The summed E-state index contributed by atoms with van der Waals surface area (Å²) in [5.74, 6) is 0.113. The summed E-state index contributed by atoms with van der Waals surface area (Å²) < 4.78 is 0. The highest BCUT2D eigenvalue weighted by Crippen LogP contribution is 2.27. The number of hydrogen-bond donors (Lipinski definition) is 0. The molecule has 1 aliphatic heterocycles. The van der Waals surface area contributed by atoms with Crippen molar-refractivity contribution in [3.63, 3.8) is 0 Å². The Morgan fingerprint density at radius 2 is 1.65 bits per heavy atom. The SMILES string of the molecule is CC(C)(C(=O)N1CCN(c2cccc([N+](=O)[O-])c2)CC1)c1ccccc1. The van der Waals surface area contributed by atoms with Crippen molar-refractivity contribution < 1.29 is 9.72 Å². The zero-order chi connectivity index (χ0) is 18.7. The molecule has 0 saturated carbocycles. The Kier molecular flexibility index (Phi) is 4.93. The average molecular weight is 353 g/mol. The van der Waals surface area contributed by atoms with Crippen molar-refractivity contribution in [1.82, 2.24) is 4.90 Å². The fourth-order valence-electron chi connectivity index (χ4n) is 3.34. The number of carbonyl (C=O) groups is 1. The number of nitro groups is 1. The molecular formula is C20H23N3O3. The highest BCUT2D eigenvalue weighted by molar-refractivity contribution is 5.87. The van der Waals surface area contributed by atoms with Crippen LogP contribution in [0.4, 0.5) is 11.4 Å². The van der Waals surface area contributed by atoms with Gasteiger partial charge in [0.25, 0.3) is 5.69 Å². The standard InChI is InChI=1S/C20H23N3O3/c1-20(2,16-7-4-3-5-8-16)19(24)22-13-11-21(12-14-22)17-9-6-10-18(15-17)23(25)26/h3-10,15H,11-14H2,1-2H3. The second kappa shape index (κ2) is 7.15. The van der Waals surface area contributed by atoms with E-state index in [9.17, 15) is 14.9 Å². The molecule has 6 nitrogen and oxygen atoms in total. The summed E-state index contributed by atoms with van der Waals surface area (Å²) in [5.41, 5.74) is 1.35. The Bertz CT molecular complexity index is 797. The van der Waals surface area contributed by atoms with Crippen LogP contribution in [0, 0.1) is 10.1 Å². The first-order valence-electron chi connectivity index (χ1n) is 8.74. The molecule has 1 saturated heterocycles. The van der Waals surface area contributed by atoms with Gasteiger partial charge in [0, 0.05) is 44.0 Å². The third-order valence-corrected chi connectivity index (χ3v) is 5.00. The Hall–Kier alpha value is -2.89. The molecule has 6 heteroatoms. The molecule has 0 unspecified atom stereocenters. The van der Waals surface area contributed by atoms with E-state index in [0.29, 0.717) is 26.2 Å². The smallest absolute Gasteiger partial charge is 0.271 e. The normalized spacial score (nSPS) is 15.0. The Morgan fingerprint density at radius 1 is 1.00 bits per heavy atom. The van der Waals surface area contributed by atoms with Gasteiger partial charge in [-0.3, -0.25) is 14.9 Å². The van der Waals surface area contributed by atoms with E-state index in [1.807, 2.05) is 55.1 Å². The fourth-order valence-corrected chi connectivity index (χ4v) is 3.34. The number of rotatable bonds is 4. The third kappa shape index (κ3) is 3.54. The van der Waals surface area contributed by atoms with Crippen molar-refractivity contribution in [2.75, 3.05) is 31.1 Å². The van der Waals surface area contributed by atoms with Gasteiger partial charge >= 0.3 is 0 Å². The first-order chi connectivity index (χ1) is 12.4. The van der Waals surface area contributed by atoms with Gasteiger partial charge in [-0.2, -0.15) is 0 Å². The van der Waals surface area contributed by atoms with Gasteiger partial charge in [0.1, 0.15) is 0 Å². The first kappa shape index (κ1) is 17.9. The minimum atomic E-state index is -0.574. The number of nitrogens with zero attached hydrogens (tertiary/aromatic N) is 3. The van der Waals surface area contributed by atoms with Crippen LogP contribution < -0.4 is 4.90 Å². The van der Waals surface area contributed by atoms with Crippen molar-refractivity contribution in [3.05, 3.63) is 70.3 Å². The number of benzene rings is 2. The monoisotopic (exact) mass is 353 g/mol. The van der Waals surface area contributed by atoms with E-state index in [4.69, 9.17) is 0 Å². The van der Waals surface area contributed by atoms with Gasteiger partial charge in [-0.1, -0.05) is 36.4 Å². The maximum Gasteiger partial charge on any atom is 0.271 e. The average Bonchev–Trinajstić information content (AvgIpc) is 2.68. The lowest BCUT2D eigenvalue weighted by molar-refractivity contribution is -0.384. The van der Waals surface area contributed by atoms with E-state index in [1.165, 1.54) is 6.07 Å². The van der Waals surface area contributed by atoms with E-state index in [2.05, 4.69) is 4.90 Å². The molecule has 0 radical (unpaired) electrons. The van der Waals surface area contributed by atoms with Crippen LogP contribution in [-0.2, 0) is 10.2 Å². The molecule has 0 bridgehead atoms. The maximum atomic E-state index is 13.0. The summed E-state index contributed by atoms with van der Waals surface area (Å²) in [6.07, 6.45) is 0. The van der Waals surface area contributed by atoms with Crippen molar-refractivity contribution in [2.24, 2.45) is 0 Å². The zero-order valence-electron chi connectivity index (χ0n) is 15.1. The van der Waals surface area contributed by atoms with Gasteiger partial charge in [-0.15, -0.1) is 0 Å². The van der Waals surface area contributed by atoms with Crippen LogP contribution in [0.2, 0.25) is 0 Å². The molecule has 0 atom stereocenters. The number of amides is 1. The van der Waals surface area contributed by atoms with Crippen LogP contribution >= 0.6 is 0 Å². The molecule has 0 N–H and O–H groups in total. The van der Waals surface area contributed by atoms with Crippen molar-refractivity contribution in [1.29, 1.82) is 0 Å². The molecule has 3 rings (SSSR count). The zero-order valence-corrected chi connectivity index (χ0v) is 15.1. The molecule has 1 aliphatic rings. The van der Waals surface area contributed by atoms with E-state index in [-0.39, 0.29) is 16.5 Å². The van der Waals surface area contributed by atoms with Gasteiger partial charge in [-0.25, -0.2) is 0 Å². The summed E-state index contributed by atoms with van der Waals surface area (Å²) in [7, 11) is 0. The number of anilines is 1. The molecule has 0 aromatic heterocycles. The van der Waals surface area contributed by atoms with Crippen molar-refractivity contribution in [3.8, 4) is 0 Å². The van der Waals surface area contributed by atoms with Crippen LogP contribution in [0.25, 0.3) is 0 Å². The lowest BCUT2D eigenvalue weighted by Gasteiger charge is -2.39. The Balaban J connectivity index is 1.68. The molecular weight excluding hydrogens is 330 g/mol. The van der Waals surface area contributed by atoms with E-state index >= 15 is 0 Å². The molecule has 136 valence electrons. The summed E-state index contributed by atoms with van der Waals surface area (Å²) in [5, 5.41) is 11.0. The van der Waals surface area contributed by atoms with Gasteiger partial charge in [0.05, 0.1) is 10.3 Å². The second-order valence-corrected chi connectivity index (χ2v) is 7.05. The molecule has 2 aromatic rings. The largest absolute Gasteiger partial charge is 0.368 e. The van der Waals surface area contributed by atoms with Crippen LogP contribution in [-0.4, -0.2) is 41.9 Å². The predicted molar refractivity (Wildman–Crippen MR) is 101 cm³/mol. The maximum absolute atomic E-state index is 13.0. The topological polar surface area (TPSA) is 66.7 Å². The lowest BCUT2D eigenvalue weighted by atomic mass is 9.83. The molecule has 2 aromatic carbocycles. The molecule has 1 amide bonds. The van der Waals surface area contributed by atoms with Crippen LogP contribution in [0.15, 0.2) is 54.6 Å². The van der Waals surface area contributed by atoms with Crippen LogP contribution in [0.5, 0.6) is 0 Å². The predicted octanol–water partition coefficient (Wildman–Crippen LogP) is 3.22. The minimum absolute atomic E-state index is 0.0891. The van der Waals surface area contributed by atoms with Crippen molar-refractivity contribution in [2.45, 2.75) is 19.3 Å². The molecule has 1 fully saturated rings. The van der Waals surface area contributed by atoms with Crippen molar-refractivity contribution >= 4 is 17.3 Å². The van der Waals surface area contributed by atoms with Crippen LogP contribution in [0.1, 0.15) is 19.4 Å². The quantitative estimate of drug-likeness (QED) is 0.625. The number of carbonyl (C=O) groups excluding carboxylic acids is 1. The lowest BCUT2D eigenvalue weighted by Crippen LogP contribution is -2.53. The molecule has 26 heavy (non-hydrogen) atoms. The summed E-state index contributed by atoms with van der Waals surface area (Å²) in [6.45, 7) is 6.46. The Labute approximate surface area is 153 Å². The van der Waals surface area contributed by atoms with Gasteiger partial charge in [0.15, 0.2) is 0 Å². The highest BCUT2D eigenvalue weighted by Gasteiger charge is 2.35. The summed E-state index contributed by atoms with van der Waals surface area (Å²) in [6, 6.07) is 16.5. The van der Waals surface area contributed by atoms with E-state index in [1.54, 1.807) is 12.1 Å². The van der Waals surface area contributed by atoms with Gasteiger partial charge < -0.3 is 9.80 Å². The summed E-state index contributed by atoms with van der Waals surface area (Å²) >= 11 is 0. The number of piperazine rings is 1. The summed E-state index contributed by atoms with van der Waals surface area (Å²) in [4.78, 5) is 27.6. The van der Waals surface area contributed by atoms with E-state index < -0.39 is 5.41 Å². The van der Waals surface area contributed by atoms with Gasteiger partial charge in [0.2, 0.25) is 5.91 Å². The Morgan fingerprint density at radius 3 is 2.27 bits per heavy atom. The minimum Gasteiger partial charge on any atom is -0.368 e. The van der Waals surface area contributed by atoms with Gasteiger partial charge in [-0.05, 0) is 25.5 Å². The highest BCUT2D eigenvalue weighted by atomic mass is 16.6. The first-order valence-corrected chi connectivity index (χ1v) is 8.74. The third-order valence-electron chi connectivity index (χ3n) is 5.00. The molecule has 1 heterocycles. The number of hydrogen-bond acceptors (Lipinski definition) is 4.